The van der Waals surface area contributed by atoms with E-state index >= 15 is 0 Å². The summed E-state index contributed by atoms with van der Waals surface area (Å²) in [6.45, 7) is 2.03. The number of sulfone groups is 1. The van der Waals surface area contributed by atoms with E-state index in [2.05, 4.69) is 9.97 Å². The number of nitrogens with one attached hydrogen (secondary N) is 1. The second kappa shape index (κ2) is 6.88. The highest BCUT2D eigenvalue weighted by Crippen LogP contribution is 2.32. The second-order valence-corrected chi connectivity index (χ2v) is 9.93. The van der Waals surface area contributed by atoms with Crippen LogP contribution in [0.5, 0.6) is 0 Å². The Morgan fingerprint density at radius 3 is 2.62 bits per heavy atom. The molecule has 150 valence electrons. The summed E-state index contributed by atoms with van der Waals surface area (Å²) >= 11 is 0. The number of H-pyrrole nitrogens is 1. The van der Waals surface area contributed by atoms with Crippen LogP contribution in [0.25, 0.3) is 11.0 Å². The van der Waals surface area contributed by atoms with E-state index in [1.54, 1.807) is 0 Å². The molecule has 1 fully saturated rings. The second-order valence-electron chi connectivity index (χ2n) is 7.63. The average Bonchev–Trinajstić information content (AvgIpc) is 3.27. The molecule has 7 nitrogen and oxygen atoms in total. The van der Waals surface area contributed by atoms with E-state index in [0.717, 1.165) is 33.7 Å². The Labute approximate surface area is 169 Å². The summed E-state index contributed by atoms with van der Waals surface area (Å²) in [5, 5.41) is 0. The fourth-order valence-corrected chi connectivity index (χ4v) is 5.36. The zero-order chi connectivity index (χ0) is 20.0. The summed E-state index contributed by atoms with van der Waals surface area (Å²) in [7, 11) is -2.96. The minimum atomic E-state index is -2.96. The van der Waals surface area contributed by atoms with Crippen LogP contribution in [0.3, 0.4) is 0 Å². The molecule has 2 aliphatic heterocycles. The molecule has 1 amide bonds. The lowest BCUT2D eigenvalue weighted by Gasteiger charge is -2.30. The van der Waals surface area contributed by atoms with Crippen LogP contribution in [0.4, 0.5) is 5.69 Å². The van der Waals surface area contributed by atoms with Gasteiger partial charge in [0.2, 0.25) is 0 Å². The van der Waals surface area contributed by atoms with Crippen molar-refractivity contribution in [1.82, 2.24) is 14.9 Å². The van der Waals surface area contributed by atoms with Gasteiger partial charge in [-0.25, -0.2) is 13.4 Å². The maximum atomic E-state index is 13.1. The van der Waals surface area contributed by atoms with E-state index < -0.39 is 9.84 Å². The Kier molecular flexibility index (Phi) is 4.31. The normalized spacial score (nSPS) is 18.4. The third-order valence-corrected chi connectivity index (χ3v) is 7.34. The van der Waals surface area contributed by atoms with E-state index in [9.17, 15) is 13.2 Å². The fourth-order valence-electron chi connectivity index (χ4n) is 4.16. The van der Waals surface area contributed by atoms with Crippen LogP contribution in [0.2, 0.25) is 0 Å². The number of fused-ring (bicyclic) bond motifs is 2. The summed E-state index contributed by atoms with van der Waals surface area (Å²) in [5.74, 6) is 1.16. The van der Waals surface area contributed by atoms with Gasteiger partial charge in [-0.2, -0.15) is 0 Å². The highest BCUT2D eigenvalue weighted by molar-refractivity contribution is 7.91. The van der Waals surface area contributed by atoms with Gasteiger partial charge in [-0.3, -0.25) is 4.79 Å². The summed E-state index contributed by atoms with van der Waals surface area (Å²) in [5.41, 5.74) is 4.51. The molecule has 0 spiro atoms. The van der Waals surface area contributed by atoms with Crippen LogP contribution in [-0.2, 0) is 22.8 Å². The van der Waals surface area contributed by atoms with E-state index in [-0.39, 0.29) is 17.4 Å². The number of hydrogen-bond donors (Lipinski definition) is 1. The molecule has 2 aliphatic rings. The van der Waals surface area contributed by atoms with Crippen molar-refractivity contribution in [2.75, 3.05) is 36.0 Å². The molecule has 5 rings (SSSR count). The van der Waals surface area contributed by atoms with E-state index in [0.29, 0.717) is 32.6 Å². The van der Waals surface area contributed by atoms with Crippen molar-refractivity contribution in [3.05, 3.63) is 59.4 Å². The lowest BCUT2D eigenvalue weighted by Crippen LogP contribution is -2.41. The zero-order valence-electron chi connectivity index (χ0n) is 16.0. The third kappa shape index (κ3) is 3.37. The number of benzene rings is 2. The largest absolute Gasteiger partial charge is 0.369 e. The molecule has 3 heterocycles. The van der Waals surface area contributed by atoms with Crippen LogP contribution in [0.15, 0.2) is 42.5 Å². The van der Waals surface area contributed by atoms with Crippen LogP contribution in [-0.4, -0.2) is 60.3 Å². The van der Waals surface area contributed by atoms with Crippen molar-refractivity contribution in [3.8, 4) is 0 Å². The number of rotatable bonds is 4. The first-order chi connectivity index (χ1) is 14.0. The molecular weight excluding hydrogens is 388 g/mol. The molecule has 1 N–H and O–H groups in total. The molecule has 1 saturated heterocycles. The number of hydrogen-bond acceptors (Lipinski definition) is 5. The SMILES string of the molecule is O=C1c2c(cccc2N2CCS(=O)(=O)CC2)CN1CCc1nc2ccccc2[nH]1. The average molecular weight is 410 g/mol. The molecule has 0 radical (unpaired) electrons. The highest BCUT2D eigenvalue weighted by Gasteiger charge is 2.33. The number of aromatic amines is 1. The molecular formula is C21H22N4O3S. The molecule has 1 aromatic heterocycles. The summed E-state index contributed by atoms with van der Waals surface area (Å²) in [6, 6.07) is 13.8. The number of para-hydroxylation sites is 2. The van der Waals surface area contributed by atoms with Crippen molar-refractivity contribution < 1.29 is 13.2 Å². The predicted molar refractivity (Wildman–Crippen MR) is 112 cm³/mol. The third-order valence-electron chi connectivity index (χ3n) is 5.73. The van der Waals surface area contributed by atoms with Gasteiger partial charge in [0.15, 0.2) is 9.84 Å². The molecule has 0 atom stereocenters. The van der Waals surface area contributed by atoms with Crippen molar-refractivity contribution >= 4 is 32.5 Å². The van der Waals surface area contributed by atoms with E-state index in [4.69, 9.17) is 0 Å². The number of carbonyl (C=O) groups excluding carboxylic acids is 1. The van der Waals surface area contributed by atoms with Crippen molar-refractivity contribution in [1.29, 1.82) is 0 Å². The van der Waals surface area contributed by atoms with Gasteiger partial charge in [0.1, 0.15) is 5.82 Å². The van der Waals surface area contributed by atoms with Crippen molar-refractivity contribution in [2.45, 2.75) is 13.0 Å². The number of amides is 1. The Morgan fingerprint density at radius 2 is 1.83 bits per heavy atom. The Bertz CT molecular complexity index is 1150. The smallest absolute Gasteiger partial charge is 0.256 e. The zero-order valence-corrected chi connectivity index (χ0v) is 16.8. The van der Waals surface area contributed by atoms with Gasteiger partial charge in [0.05, 0.1) is 28.1 Å². The van der Waals surface area contributed by atoms with Gasteiger partial charge in [-0.05, 0) is 23.8 Å². The van der Waals surface area contributed by atoms with Gasteiger partial charge in [0, 0.05) is 38.3 Å². The Balaban J connectivity index is 1.33. The topological polar surface area (TPSA) is 86.4 Å². The molecule has 0 unspecified atom stereocenters. The Hall–Kier alpha value is -2.87. The monoisotopic (exact) mass is 410 g/mol. The molecule has 8 heteroatoms. The van der Waals surface area contributed by atoms with Gasteiger partial charge in [-0.15, -0.1) is 0 Å². The first kappa shape index (κ1) is 18.2. The van der Waals surface area contributed by atoms with Crippen molar-refractivity contribution in [3.63, 3.8) is 0 Å². The first-order valence-electron chi connectivity index (χ1n) is 9.80. The number of carbonyl (C=O) groups is 1. The maximum Gasteiger partial charge on any atom is 0.256 e. The van der Waals surface area contributed by atoms with Gasteiger partial charge < -0.3 is 14.8 Å². The van der Waals surface area contributed by atoms with E-state index in [1.807, 2.05) is 52.3 Å². The standard InChI is InChI=1S/C21H22N4O3S/c26-21-20-15(4-3-7-18(20)24-10-12-29(27,28)13-11-24)14-25(21)9-8-19-22-16-5-1-2-6-17(16)23-19/h1-7H,8-14H2,(H,22,23). The number of aromatic nitrogens is 2. The highest BCUT2D eigenvalue weighted by atomic mass is 32.2. The number of imidazole rings is 1. The maximum absolute atomic E-state index is 13.1. The molecule has 0 bridgehead atoms. The minimum Gasteiger partial charge on any atom is -0.369 e. The predicted octanol–water partition coefficient (Wildman–Crippen LogP) is 2.00. The summed E-state index contributed by atoms with van der Waals surface area (Å²) in [6.07, 6.45) is 0.658. The molecule has 0 saturated carbocycles. The number of anilines is 1. The van der Waals surface area contributed by atoms with Crippen LogP contribution < -0.4 is 4.90 Å². The molecule has 2 aromatic carbocycles. The van der Waals surface area contributed by atoms with Gasteiger partial charge >= 0.3 is 0 Å². The first-order valence-corrected chi connectivity index (χ1v) is 11.6. The lowest BCUT2D eigenvalue weighted by molar-refractivity contribution is 0.0780. The summed E-state index contributed by atoms with van der Waals surface area (Å²) in [4.78, 5) is 24.9. The molecule has 29 heavy (non-hydrogen) atoms. The minimum absolute atomic E-state index is 0.0140. The van der Waals surface area contributed by atoms with Crippen LogP contribution >= 0.6 is 0 Å². The van der Waals surface area contributed by atoms with Gasteiger partial charge in [-0.1, -0.05) is 24.3 Å². The van der Waals surface area contributed by atoms with Gasteiger partial charge in [0.25, 0.3) is 5.91 Å². The fraction of sp³-hybridized carbons (Fsp3) is 0.333. The summed E-state index contributed by atoms with van der Waals surface area (Å²) < 4.78 is 23.5. The lowest BCUT2D eigenvalue weighted by atomic mass is 10.1. The molecule has 0 aliphatic carbocycles. The Morgan fingerprint density at radius 1 is 1.03 bits per heavy atom. The number of nitrogens with zero attached hydrogens (tertiary/aromatic N) is 3. The van der Waals surface area contributed by atoms with Crippen LogP contribution in [0, 0.1) is 0 Å². The van der Waals surface area contributed by atoms with Crippen molar-refractivity contribution in [2.24, 2.45) is 0 Å². The van der Waals surface area contributed by atoms with E-state index in [1.165, 1.54) is 0 Å². The quantitative estimate of drug-likeness (QED) is 0.711. The van der Waals surface area contributed by atoms with Crippen LogP contribution in [0.1, 0.15) is 21.7 Å². The molecule has 3 aromatic rings.